The van der Waals surface area contributed by atoms with Crippen molar-refractivity contribution in [2.75, 3.05) is 0 Å². The molecule has 0 unspecified atom stereocenters. The second kappa shape index (κ2) is 4.85. The lowest BCUT2D eigenvalue weighted by Gasteiger charge is -1.99. The number of carboxylic acids is 1. The smallest absolute Gasteiger partial charge is 0.303 e. The lowest BCUT2D eigenvalue weighted by molar-refractivity contribution is -0.137. The highest BCUT2D eigenvalue weighted by Gasteiger charge is 2.07. The minimum Gasteiger partial charge on any atom is -0.481 e. The van der Waals surface area contributed by atoms with Crippen LogP contribution < -0.4 is 0 Å². The van der Waals surface area contributed by atoms with Gasteiger partial charge in [0.15, 0.2) is 12.1 Å². The Bertz CT molecular complexity index is 350. The molecular weight excluding hydrogens is 254 g/mol. The molecule has 0 amide bonds. The minimum absolute atomic E-state index is 0.0514. The van der Waals surface area contributed by atoms with Crippen LogP contribution in [0.15, 0.2) is 4.73 Å². The molecule has 1 N–H and O–H groups in total. The van der Waals surface area contributed by atoms with Gasteiger partial charge >= 0.3 is 5.97 Å². The van der Waals surface area contributed by atoms with Gasteiger partial charge in [0.1, 0.15) is 0 Å². The fourth-order valence-electron chi connectivity index (χ4n) is 0.957. The first-order valence-electron chi connectivity index (χ1n) is 3.91. The van der Waals surface area contributed by atoms with Gasteiger partial charge in [-0.05, 0) is 22.4 Å². The Balaban J connectivity index is 2.57. The van der Waals surface area contributed by atoms with E-state index in [1.807, 2.05) is 0 Å². The van der Waals surface area contributed by atoms with Crippen molar-refractivity contribution in [1.29, 1.82) is 0 Å². The van der Waals surface area contributed by atoms with E-state index in [9.17, 15) is 9.59 Å². The van der Waals surface area contributed by atoms with Crippen LogP contribution in [0.1, 0.15) is 23.5 Å². The van der Waals surface area contributed by atoms with Crippen molar-refractivity contribution in [2.24, 2.45) is 0 Å². The number of carboxylic acid groups (broad SMARTS) is 1. The molecule has 0 bridgehead atoms. The fourth-order valence-corrected chi connectivity index (χ4v) is 1.33. The van der Waals surface area contributed by atoms with Gasteiger partial charge in [0, 0.05) is 13.0 Å². The zero-order chi connectivity index (χ0) is 10.6. The van der Waals surface area contributed by atoms with E-state index in [1.54, 1.807) is 0 Å². The van der Waals surface area contributed by atoms with Gasteiger partial charge in [-0.1, -0.05) is 0 Å². The van der Waals surface area contributed by atoms with Crippen molar-refractivity contribution in [2.45, 2.75) is 19.4 Å². The predicted molar refractivity (Wildman–Crippen MR) is 50.0 cm³/mol. The highest BCUT2D eigenvalue weighted by molar-refractivity contribution is 9.10. The minimum atomic E-state index is -0.864. The van der Waals surface area contributed by atoms with Gasteiger partial charge < -0.3 is 5.11 Å². The molecule has 0 saturated carbocycles. The number of nitrogens with zero attached hydrogens (tertiary/aromatic N) is 3. The van der Waals surface area contributed by atoms with E-state index < -0.39 is 5.97 Å². The first-order valence-corrected chi connectivity index (χ1v) is 4.70. The van der Waals surface area contributed by atoms with Gasteiger partial charge in [-0.25, -0.2) is 4.68 Å². The Morgan fingerprint density at radius 1 is 1.64 bits per heavy atom. The van der Waals surface area contributed by atoms with Gasteiger partial charge in [-0.3, -0.25) is 9.59 Å². The van der Waals surface area contributed by atoms with Crippen LogP contribution in [0.25, 0.3) is 0 Å². The second-order valence-corrected chi connectivity index (χ2v) is 3.29. The molecule has 14 heavy (non-hydrogen) atoms. The summed E-state index contributed by atoms with van der Waals surface area (Å²) >= 11 is 3.03. The number of halogens is 1. The predicted octanol–water partition coefficient (Wildman–Crippen LogP) is 0.718. The maximum Gasteiger partial charge on any atom is 0.303 e. The number of aliphatic carboxylic acids is 1. The molecule has 0 aliphatic rings. The van der Waals surface area contributed by atoms with E-state index >= 15 is 0 Å². The molecule has 0 radical (unpaired) electrons. The van der Waals surface area contributed by atoms with Gasteiger partial charge in [-0.2, -0.15) is 4.98 Å². The number of rotatable bonds is 5. The van der Waals surface area contributed by atoms with E-state index in [-0.39, 0.29) is 12.2 Å². The summed E-state index contributed by atoms with van der Waals surface area (Å²) in [6.07, 6.45) is 1.06. The molecule has 0 saturated heterocycles. The van der Waals surface area contributed by atoms with Crippen molar-refractivity contribution in [3.8, 4) is 0 Å². The summed E-state index contributed by atoms with van der Waals surface area (Å²) in [5, 5.41) is 12.3. The molecule has 1 heterocycles. The molecule has 6 nitrogen and oxygen atoms in total. The van der Waals surface area contributed by atoms with Crippen LogP contribution in [0.4, 0.5) is 0 Å². The molecule has 76 valence electrons. The molecule has 0 fully saturated rings. The summed E-state index contributed by atoms with van der Waals surface area (Å²) in [5.41, 5.74) is 0. The maximum absolute atomic E-state index is 10.5. The Morgan fingerprint density at radius 3 is 2.93 bits per heavy atom. The Hall–Kier alpha value is -1.24. The van der Waals surface area contributed by atoms with Gasteiger partial charge in [0.05, 0.1) is 0 Å². The summed E-state index contributed by atoms with van der Waals surface area (Å²) in [4.78, 5) is 24.5. The summed E-state index contributed by atoms with van der Waals surface area (Å²) in [6.45, 7) is 0.374. The Kier molecular flexibility index (Phi) is 3.75. The van der Waals surface area contributed by atoms with Crippen LogP contribution in [0.3, 0.4) is 0 Å². The van der Waals surface area contributed by atoms with Gasteiger partial charge in [0.25, 0.3) is 0 Å². The van der Waals surface area contributed by atoms with E-state index in [4.69, 9.17) is 5.11 Å². The van der Waals surface area contributed by atoms with Crippen LogP contribution in [0, 0.1) is 0 Å². The lowest BCUT2D eigenvalue weighted by atomic mass is 10.3. The van der Waals surface area contributed by atoms with Crippen molar-refractivity contribution in [1.82, 2.24) is 14.8 Å². The third-order valence-electron chi connectivity index (χ3n) is 1.54. The number of aromatic nitrogens is 3. The van der Waals surface area contributed by atoms with Crippen LogP contribution in [-0.2, 0) is 11.3 Å². The first kappa shape index (κ1) is 10.8. The quantitative estimate of drug-likeness (QED) is 0.790. The topological polar surface area (TPSA) is 85.1 Å². The molecule has 0 spiro atoms. The average molecular weight is 262 g/mol. The standard InChI is InChI=1S/C7H8BrN3O3/c8-7-9-5(4-12)11(10-7)3-1-2-6(13)14/h4H,1-3H2,(H,13,14). The number of carbonyl (C=O) groups is 2. The molecule has 0 aliphatic heterocycles. The molecular formula is C7H8BrN3O3. The summed E-state index contributed by atoms with van der Waals surface area (Å²) in [7, 11) is 0. The van der Waals surface area contributed by atoms with Gasteiger partial charge in [-0.15, -0.1) is 5.10 Å². The van der Waals surface area contributed by atoms with E-state index in [0.29, 0.717) is 24.0 Å². The molecule has 1 rings (SSSR count). The van der Waals surface area contributed by atoms with Crippen LogP contribution in [-0.4, -0.2) is 32.1 Å². The number of aryl methyl sites for hydroxylation is 1. The van der Waals surface area contributed by atoms with Crippen molar-refractivity contribution >= 4 is 28.2 Å². The zero-order valence-electron chi connectivity index (χ0n) is 7.18. The fraction of sp³-hybridized carbons (Fsp3) is 0.429. The average Bonchev–Trinajstić information content (AvgIpc) is 2.45. The molecule has 1 aromatic heterocycles. The van der Waals surface area contributed by atoms with Crippen LogP contribution in [0.5, 0.6) is 0 Å². The summed E-state index contributed by atoms with van der Waals surface area (Å²) < 4.78 is 1.70. The molecule has 0 atom stereocenters. The highest BCUT2D eigenvalue weighted by atomic mass is 79.9. The zero-order valence-corrected chi connectivity index (χ0v) is 8.77. The largest absolute Gasteiger partial charge is 0.481 e. The Morgan fingerprint density at radius 2 is 2.36 bits per heavy atom. The number of hydrogen-bond donors (Lipinski definition) is 1. The third-order valence-corrected chi connectivity index (χ3v) is 1.88. The molecule has 7 heteroatoms. The lowest BCUT2D eigenvalue weighted by Crippen LogP contribution is -2.07. The third kappa shape index (κ3) is 2.91. The summed E-state index contributed by atoms with van der Waals surface area (Å²) in [6, 6.07) is 0. The normalized spacial score (nSPS) is 10.1. The van der Waals surface area contributed by atoms with Crippen molar-refractivity contribution < 1.29 is 14.7 Å². The van der Waals surface area contributed by atoms with Crippen LogP contribution in [0.2, 0.25) is 0 Å². The van der Waals surface area contributed by atoms with Crippen molar-refractivity contribution in [3.63, 3.8) is 0 Å². The Labute approximate surface area is 88.1 Å². The number of aldehydes is 1. The van der Waals surface area contributed by atoms with E-state index in [1.165, 1.54) is 4.68 Å². The summed E-state index contributed by atoms with van der Waals surface area (Å²) in [5.74, 6) is -0.668. The SMILES string of the molecule is O=Cc1nc(Br)nn1CCCC(=O)O. The van der Waals surface area contributed by atoms with Gasteiger partial charge in [0.2, 0.25) is 4.73 Å². The highest BCUT2D eigenvalue weighted by Crippen LogP contribution is 2.04. The monoisotopic (exact) mass is 261 g/mol. The van der Waals surface area contributed by atoms with Crippen molar-refractivity contribution in [3.05, 3.63) is 10.6 Å². The first-order chi connectivity index (χ1) is 6.63. The second-order valence-electron chi connectivity index (χ2n) is 2.58. The maximum atomic E-state index is 10.5. The van der Waals surface area contributed by atoms with Crippen LogP contribution >= 0.6 is 15.9 Å². The van der Waals surface area contributed by atoms with E-state index in [0.717, 1.165) is 0 Å². The number of hydrogen-bond acceptors (Lipinski definition) is 4. The molecule has 1 aromatic rings. The molecule has 0 aliphatic carbocycles. The molecule has 0 aromatic carbocycles. The number of carbonyl (C=O) groups excluding carboxylic acids is 1. The van der Waals surface area contributed by atoms with E-state index in [2.05, 4.69) is 26.0 Å².